The number of aromatic nitrogens is 2. The van der Waals surface area contributed by atoms with E-state index in [1.165, 1.54) is 12.3 Å². The van der Waals surface area contributed by atoms with Gasteiger partial charge in [-0.2, -0.15) is 18.3 Å². The highest BCUT2D eigenvalue weighted by Gasteiger charge is 2.33. The molecule has 0 radical (unpaired) electrons. The van der Waals surface area contributed by atoms with E-state index in [0.717, 1.165) is 16.3 Å². The topological polar surface area (TPSA) is 143 Å². The van der Waals surface area contributed by atoms with E-state index in [4.69, 9.17) is 4.74 Å². The third-order valence-electron chi connectivity index (χ3n) is 6.53. The minimum Gasteiger partial charge on any atom is -0.491 e. The SMILES string of the molecule is O=C1C[C@@H](C(=O)NCCCn2ccc(C(F)(F)F)n2)NC(=O)c2ccccc2OCCNC(=O)[C@H](Cc2ccccc2)N1. The second-order valence-electron chi connectivity index (χ2n) is 9.78. The van der Waals surface area contributed by atoms with Crippen LogP contribution in [0.3, 0.4) is 0 Å². The van der Waals surface area contributed by atoms with Crippen LogP contribution in [0.5, 0.6) is 5.75 Å². The van der Waals surface area contributed by atoms with Gasteiger partial charge in [0.1, 0.15) is 24.4 Å². The Bertz CT molecular complexity index is 1430. The lowest BCUT2D eigenvalue weighted by atomic mass is 10.0. The molecule has 0 unspecified atom stereocenters. The van der Waals surface area contributed by atoms with Crippen molar-refractivity contribution in [2.24, 2.45) is 0 Å². The molecule has 43 heavy (non-hydrogen) atoms. The van der Waals surface area contributed by atoms with E-state index in [1.807, 2.05) is 18.2 Å². The number of benzene rings is 2. The molecule has 228 valence electrons. The van der Waals surface area contributed by atoms with Crippen molar-refractivity contribution in [1.29, 1.82) is 0 Å². The molecule has 4 rings (SSSR count). The van der Waals surface area contributed by atoms with Crippen LogP contribution in [0.25, 0.3) is 0 Å². The van der Waals surface area contributed by atoms with Gasteiger partial charge in [0, 0.05) is 25.7 Å². The van der Waals surface area contributed by atoms with Gasteiger partial charge in [-0.1, -0.05) is 42.5 Å². The Morgan fingerprint density at radius 3 is 2.51 bits per heavy atom. The molecule has 0 aliphatic carbocycles. The van der Waals surface area contributed by atoms with Crippen LogP contribution in [-0.4, -0.2) is 65.2 Å². The summed E-state index contributed by atoms with van der Waals surface area (Å²) < 4.78 is 45.2. The van der Waals surface area contributed by atoms with Crippen LogP contribution in [0.15, 0.2) is 66.9 Å². The molecule has 0 bridgehead atoms. The molecule has 1 aliphatic rings. The van der Waals surface area contributed by atoms with Crippen LogP contribution in [0.2, 0.25) is 0 Å². The van der Waals surface area contributed by atoms with Gasteiger partial charge >= 0.3 is 6.18 Å². The highest BCUT2D eigenvalue weighted by molar-refractivity contribution is 6.01. The predicted octanol–water partition coefficient (Wildman–Crippen LogP) is 1.83. The van der Waals surface area contributed by atoms with Gasteiger partial charge in [0.15, 0.2) is 5.69 Å². The summed E-state index contributed by atoms with van der Waals surface area (Å²) in [6, 6.07) is 14.0. The molecule has 0 saturated heterocycles. The molecule has 0 spiro atoms. The van der Waals surface area contributed by atoms with Crippen molar-refractivity contribution in [3.63, 3.8) is 0 Å². The van der Waals surface area contributed by atoms with E-state index in [1.54, 1.807) is 30.3 Å². The molecule has 2 aromatic carbocycles. The first kappa shape index (κ1) is 31.1. The van der Waals surface area contributed by atoms with Crippen molar-refractivity contribution in [3.05, 3.63) is 83.7 Å². The fraction of sp³-hybridized carbons (Fsp3) is 0.345. The first-order valence-electron chi connectivity index (χ1n) is 13.6. The van der Waals surface area contributed by atoms with Gasteiger partial charge in [-0.05, 0) is 30.2 Å². The lowest BCUT2D eigenvalue weighted by Crippen LogP contribution is -2.53. The second kappa shape index (κ2) is 14.3. The second-order valence-corrected chi connectivity index (χ2v) is 9.78. The minimum absolute atomic E-state index is 0.0345. The van der Waals surface area contributed by atoms with Gasteiger partial charge in [0.25, 0.3) is 5.91 Å². The number of halogens is 3. The third kappa shape index (κ3) is 9.05. The van der Waals surface area contributed by atoms with Crippen molar-refractivity contribution in [1.82, 2.24) is 31.0 Å². The fourth-order valence-electron chi connectivity index (χ4n) is 4.39. The van der Waals surface area contributed by atoms with Gasteiger partial charge < -0.3 is 26.0 Å². The van der Waals surface area contributed by atoms with Crippen LogP contribution < -0.4 is 26.0 Å². The summed E-state index contributed by atoms with van der Waals surface area (Å²) in [6.07, 6.45) is -3.43. The molecule has 1 aromatic heterocycles. The Labute approximate surface area is 245 Å². The quantitative estimate of drug-likeness (QED) is 0.305. The summed E-state index contributed by atoms with van der Waals surface area (Å²) in [5.41, 5.74) is -0.0879. The smallest absolute Gasteiger partial charge is 0.435 e. The van der Waals surface area contributed by atoms with Gasteiger partial charge in [-0.15, -0.1) is 0 Å². The van der Waals surface area contributed by atoms with E-state index >= 15 is 0 Å². The predicted molar refractivity (Wildman–Crippen MR) is 148 cm³/mol. The highest BCUT2D eigenvalue weighted by atomic mass is 19.4. The molecule has 3 aromatic rings. The van der Waals surface area contributed by atoms with E-state index < -0.39 is 54.0 Å². The Morgan fingerprint density at radius 2 is 1.77 bits per heavy atom. The van der Waals surface area contributed by atoms with Crippen molar-refractivity contribution in [2.75, 3.05) is 19.7 Å². The summed E-state index contributed by atoms with van der Waals surface area (Å²) in [5.74, 6) is -2.19. The maximum atomic E-state index is 13.2. The lowest BCUT2D eigenvalue weighted by Gasteiger charge is -2.23. The maximum Gasteiger partial charge on any atom is 0.435 e. The molecular formula is C29H31F3N6O5. The van der Waals surface area contributed by atoms with Crippen molar-refractivity contribution in [2.45, 2.75) is 44.1 Å². The Morgan fingerprint density at radius 1 is 1.02 bits per heavy atom. The number of hydrogen-bond donors (Lipinski definition) is 4. The maximum absolute atomic E-state index is 13.2. The van der Waals surface area contributed by atoms with Crippen LogP contribution >= 0.6 is 0 Å². The van der Waals surface area contributed by atoms with E-state index in [9.17, 15) is 32.3 Å². The van der Waals surface area contributed by atoms with Crippen LogP contribution in [0, 0.1) is 0 Å². The monoisotopic (exact) mass is 600 g/mol. The summed E-state index contributed by atoms with van der Waals surface area (Å²) in [5, 5.41) is 14.1. The Kier molecular flexibility index (Phi) is 10.4. The molecule has 4 N–H and O–H groups in total. The molecule has 0 saturated carbocycles. The number of nitrogens with one attached hydrogen (secondary N) is 4. The number of nitrogens with zero attached hydrogens (tertiary/aromatic N) is 2. The summed E-state index contributed by atoms with van der Waals surface area (Å²) in [6.45, 7) is 0.297. The molecule has 4 amide bonds. The van der Waals surface area contributed by atoms with Crippen molar-refractivity contribution < 1.29 is 37.1 Å². The van der Waals surface area contributed by atoms with Gasteiger partial charge in [-0.3, -0.25) is 23.9 Å². The van der Waals surface area contributed by atoms with Gasteiger partial charge in [0.2, 0.25) is 17.7 Å². The molecule has 1 aliphatic heterocycles. The van der Waals surface area contributed by atoms with Crippen LogP contribution in [0.4, 0.5) is 13.2 Å². The van der Waals surface area contributed by atoms with Gasteiger partial charge in [0.05, 0.1) is 18.5 Å². The number of fused-ring (bicyclic) bond motifs is 1. The van der Waals surface area contributed by atoms with E-state index in [-0.39, 0.29) is 50.4 Å². The molecule has 0 fully saturated rings. The average Bonchev–Trinajstić information content (AvgIpc) is 3.47. The number of alkyl halides is 3. The Hall–Kier alpha value is -4.88. The fourth-order valence-corrected chi connectivity index (χ4v) is 4.39. The minimum atomic E-state index is -4.56. The third-order valence-corrected chi connectivity index (χ3v) is 6.53. The molecule has 14 heteroatoms. The average molecular weight is 601 g/mol. The van der Waals surface area contributed by atoms with Crippen LogP contribution in [-0.2, 0) is 33.5 Å². The first-order chi connectivity index (χ1) is 20.6. The number of amides is 4. The largest absolute Gasteiger partial charge is 0.491 e. The van der Waals surface area contributed by atoms with Crippen molar-refractivity contribution in [3.8, 4) is 5.75 Å². The zero-order chi connectivity index (χ0) is 30.8. The normalized spacial score (nSPS) is 18.3. The standard InChI is InChI=1S/C29H31F3N6O5/c30-29(31,32)24-11-15-38(37-24)14-6-12-33-28(42)22-18-25(39)35-21(17-19-7-2-1-3-8-19)27(41)34-13-16-43-23-10-5-4-9-20(23)26(40)36-22/h1-5,7-11,15,21-22H,6,12-14,16-18H2,(H,33,42)(H,34,41)(H,35,39)(H,36,40)/t21-,22-/m0/s1. The molecule has 11 nitrogen and oxygen atoms in total. The van der Waals surface area contributed by atoms with Crippen molar-refractivity contribution >= 4 is 23.6 Å². The zero-order valence-corrected chi connectivity index (χ0v) is 23.0. The molecule has 2 heterocycles. The van der Waals surface area contributed by atoms with E-state index in [2.05, 4.69) is 26.4 Å². The molecular weight excluding hydrogens is 569 g/mol. The number of rotatable bonds is 7. The molecule has 2 atom stereocenters. The number of aryl methyl sites for hydroxylation is 1. The number of ether oxygens (including phenoxy) is 1. The summed E-state index contributed by atoms with van der Waals surface area (Å²) in [7, 11) is 0. The number of para-hydroxylation sites is 1. The highest BCUT2D eigenvalue weighted by Crippen LogP contribution is 2.27. The summed E-state index contributed by atoms with van der Waals surface area (Å²) >= 11 is 0. The van der Waals surface area contributed by atoms with E-state index in [0.29, 0.717) is 0 Å². The zero-order valence-electron chi connectivity index (χ0n) is 23.0. The lowest BCUT2D eigenvalue weighted by molar-refractivity contribution is -0.141. The number of carbonyl (C=O) groups excluding carboxylic acids is 4. The first-order valence-corrected chi connectivity index (χ1v) is 13.6. The van der Waals surface area contributed by atoms with Gasteiger partial charge in [-0.25, -0.2) is 0 Å². The van der Waals surface area contributed by atoms with Crippen LogP contribution in [0.1, 0.15) is 34.5 Å². The number of hydrogen-bond acceptors (Lipinski definition) is 6. The number of carbonyl (C=O) groups is 4. The summed E-state index contributed by atoms with van der Waals surface area (Å²) in [4.78, 5) is 52.4. The Balaban J connectivity index is 1.47.